The quantitative estimate of drug-likeness (QED) is 0.730. The average Bonchev–Trinajstić information content (AvgIpc) is 2.68. The number of hydrogen-bond donors (Lipinski definition) is 0. The normalized spacial score (nSPS) is 35.0. The summed E-state index contributed by atoms with van der Waals surface area (Å²) in [6, 6.07) is 1.28. The van der Waals surface area contributed by atoms with Crippen LogP contribution in [0.15, 0.2) is 0 Å². The van der Waals surface area contributed by atoms with E-state index in [0.717, 1.165) is 24.9 Å². The summed E-state index contributed by atoms with van der Waals surface area (Å²) in [5.74, 6) is 1.56. The third kappa shape index (κ3) is 2.47. The van der Waals surface area contributed by atoms with Crippen molar-refractivity contribution in [3.05, 3.63) is 0 Å². The van der Waals surface area contributed by atoms with Crippen molar-refractivity contribution in [1.82, 2.24) is 9.80 Å². The van der Waals surface area contributed by atoms with Crippen LogP contribution in [-0.2, 0) is 4.74 Å². The van der Waals surface area contributed by atoms with Crippen molar-refractivity contribution >= 4 is 6.03 Å². The molecule has 0 aliphatic carbocycles. The molecule has 19 heavy (non-hydrogen) atoms. The Morgan fingerprint density at radius 2 is 1.68 bits per heavy atom. The van der Waals surface area contributed by atoms with Gasteiger partial charge < -0.3 is 14.5 Å². The maximum absolute atomic E-state index is 12.7. The fourth-order valence-electron chi connectivity index (χ4n) is 3.99. The zero-order valence-electron chi connectivity index (χ0n) is 12.2. The molecule has 0 saturated carbocycles. The van der Waals surface area contributed by atoms with Gasteiger partial charge in [-0.3, -0.25) is 0 Å². The summed E-state index contributed by atoms with van der Waals surface area (Å²) in [5.41, 5.74) is 0. The smallest absolute Gasteiger partial charge is 0.320 e. The molecule has 108 valence electrons. The van der Waals surface area contributed by atoms with E-state index in [9.17, 15) is 4.79 Å². The third-order valence-electron chi connectivity index (χ3n) is 5.21. The molecule has 4 nitrogen and oxygen atoms in total. The standard InChI is InChI=1S/C15H26N2O2/c1-11(2)12-9-13-3-4-14(10-12)17(13)15(18)16-5-7-19-8-6-16/h11-14H,3-10H2,1-2H3. The summed E-state index contributed by atoms with van der Waals surface area (Å²) in [6.07, 6.45) is 4.85. The first-order chi connectivity index (χ1) is 9.16. The molecule has 0 aromatic rings. The molecule has 3 heterocycles. The molecule has 3 aliphatic rings. The Balaban J connectivity index is 1.67. The lowest BCUT2D eigenvalue weighted by atomic mass is 9.83. The van der Waals surface area contributed by atoms with E-state index < -0.39 is 0 Å². The van der Waals surface area contributed by atoms with Gasteiger partial charge in [-0.2, -0.15) is 0 Å². The summed E-state index contributed by atoms with van der Waals surface area (Å²) in [5, 5.41) is 0. The van der Waals surface area contributed by atoms with E-state index in [1.54, 1.807) is 0 Å². The highest BCUT2D eigenvalue weighted by atomic mass is 16.5. The molecule has 0 radical (unpaired) electrons. The number of carbonyl (C=O) groups excluding carboxylic acids is 1. The van der Waals surface area contributed by atoms with Gasteiger partial charge in [-0.15, -0.1) is 0 Å². The van der Waals surface area contributed by atoms with Crippen molar-refractivity contribution in [3.8, 4) is 0 Å². The van der Waals surface area contributed by atoms with E-state index in [1.165, 1.54) is 25.7 Å². The van der Waals surface area contributed by atoms with Gasteiger partial charge in [0, 0.05) is 25.2 Å². The molecule has 0 aromatic carbocycles. The number of morpholine rings is 1. The number of piperidine rings is 1. The van der Waals surface area contributed by atoms with Gasteiger partial charge >= 0.3 is 6.03 Å². The van der Waals surface area contributed by atoms with Crippen LogP contribution in [0.5, 0.6) is 0 Å². The molecule has 4 heteroatoms. The highest BCUT2D eigenvalue weighted by molar-refractivity contribution is 5.75. The van der Waals surface area contributed by atoms with Gasteiger partial charge in [0.1, 0.15) is 0 Å². The minimum Gasteiger partial charge on any atom is -0.378 e. The summed E-state index contributed by atoms with van der Waals surface area (Å²) >= 11 is 0. The minimum absolute atomic E-state index is 0.276. The Morgan fingerprint density at radius 3 is 2.21 bits per heavy atom. The van der Waals surface area contributed by atoms with Gasteiger partial charge in [0.2, 0.25) is 0 Å². The van der Waals surface area contributed by atoms with Crippen LogP contribution in [0.3, 0.4) is 0 Å². The van der Waals surface area contributed by atoms with E-state index in [1.807, 2.05) is 4.90 Å². The molecular formula is C15H26N2O2. The minimum atomic E-state index is 0.276. The van der Waals surface area contributed by atoms with E-state index in [2.05, 4.69) is 18.7 Å². The summed E-state index contributed by atoms with van der Waals surface area (Å²) in [6.45, 7) is 7.57. The maximum atomic E-state index is 12.7. The average molecular weight is 266 g/mol. The van der Waals surface area contributed by atoms with Gasteiger partial charge in [-0.25, -0.2) is 4.79 Å². The van der Waals surface area contributed by atoms with Gasteiger partial charge in [0.15, 0.2) is 0 Å². The first-order valence-corrected chi connectivity index (χ1v) is 7.82. The van der Waals surface area contributed by atoms with Crippen LogP contribution in [0.2, 0.25) is 0 Å². The summed E-state index contributed by atoms with van der Waals surface area (Å²) in [7, 11) is 0. The van der Waals surface area contributed by atoms with Crippen molar-refractivity contribution in [2.24, 2.45) is 11.8 Å². The molecule has 3 rings (SSSR count). The number of ether oxygens (including phenoxy) is 1. The largest absolute Gasteiger partial charge is 0.378 e. The van der Waals surface area contributed by atoms with Gasteiger partial charge in [0.25, 0.3) is 0 Å². The SMILES string of the molecule is CC(C)C1CC2CCC(C1)N2C(=O)N1CCOCC1. The summed E-state index contributed by atoms with van der Waals surface area (Å²) in [4.78, 5) is 16.9. The Kier molecular flexibility index (Phi) is 3.70. The van der Waals surface area contributed by atoms with Crippen molar-refractivity contribution in [2.75, 3.05) is 26.3 Å². The van der Waals surface area contributed by atoms with Crippen molar-refractivity contribution in [1.29, 1.82) is 0 Å². The monoisotopic (exact) mass is 266 g/mol. The lowest BCUT2D eigenvalue weighted by Crippen LogP contribution is -2.54. The molecule has 0 spiro atoms. The van der Waals surface area contributed by atoms with Crippen LogP contribution < -0.4 is 0 Å². The zero-order valence-corrected chi connectivity index (χ0v) is 12.2. The van der Waals surface area contributed by atoms with E-state index in [4.69, 9.17) is 4.74 Å². The Bertz CT molecular complexity index is 325. The van der Waals surface area contributed by atoms with Crippen LogP contribution in [0.1, 0.15) is 39.5 Å². The molecule has 2 unspecified atom stereocenters. The summed E-state index contributed by atoms with van der Waals surface area (Å²) < 4.78 is 5.34. The highest BCUT2D eigenvalue weighted by Crippen LogP contribution is 2.41. The second-order valence-electron chi connectivity index (χ2n) is 6.65. The Labute approximate surface area is 116 Å². The number of urea groups is 1. The molecule has 3 fully saturated rings. The fraction of sp³-hybridized carbons (Fsp3) is 0.933. The van der Waals surface area contributed by atoms with E-state index in [-0.39, 0.29) is 6.03 Å². The Hall–Kier alpha value is -0.770. The van der Waals surface area contributed by atoms with E-state index >= 15 is 0 Å². The molecule has 0 aromatic heterocycles. The van der Waals surface area contributed by atoms with Crippen molar-refractivity contribution in [3.63, 3.8) is 0 Å². The Morgan fingerprint density at radius 1 is 1.11 bits per heavy atom. The van der Waals surface area contributed by atoms with Crippen LogP contribution in [0.4, 0.5) is 4.79 Å². The maximum Gasteiger partial charge on any atom is 0.320 e. The number of hydrogen-bond acceptors (Lipinski definition) is 2. The second-order valence-corrected chi connectivity index (χ2v) is 6.65. The van der Waals surface area contributed by atoms with Gasteiger partial charge in [-0.05, 0) is 37.5 Å². The van der Waals surface area contributed by atoms with Crippen LogP contribution in [0.25, 0.3) is 0 Å². The van der Waals surface area contributed by atoms with Crippen LogP contribution >= 0.6 is 0 Å². The van der Waals surface area contributed by atoms with Crippen molar-refractivity contribution < 1.29 is 9.53 Å². The number of amides is 2. The molecule has 2 amide bonds. The zero-order chi connectivity index (χ0) is 13.4. The van der Waals surface area contributed by atoms with E-state index in [0.29, 0.717) is 25.3 Å². The second kappa shape index (κ2) is 5.31. The first kappa shape index (κ1) is 13.2. The fourth-order valence-corrected chi connectivity index (χ4v) is 3.99. The number of carbonyl (C=O) groups is 1. The molecular weight excluding hydrogens is 240 g/mol. The molecule has 3 saturated heterocycles. The molecule has 2 atom stereocenters. The van der Waals surface area contributed by atoms with Gasteiger partial charge in [0.05, 0.1) is 13.2 Å². The number of fused-ring (bicyclic) bond motifs is 2. The number of rotatable bonds is 1. The van der Waals surface area contributed by atoms with Crippen LogP contribution in [0, 0.1) is 11.8 Å². The molecule has 2 bridgehead atoms. The predicted octanol–water partition coefficient (Wildman–Crippen LogP) is 2.34. The molecule has 0 N–H and O–H groups in total. The third-order valence-corrected chi connectivity index (χ3v) is 5.21. The van der Waals surface area contributed by atoms with Crippen LogP contribution in [-0.4, -0.2) is 54.2 Å². The number of nitrogens with zero attached hydrogens (tertiary/aromatic N) is 2. The topological polar surface area (TPSA) is 32.8 Å². The highest BCUT2D eigenvalue weighted by Gasteiger charge is 2.45. The van der Waals surface area contributed by atoms with Crippen molar-refractivity contribution in [2.45, 2.75) is 51.6 Å². The lowest BCUT2D eigenvalue weighted by Gasteiger charge is -2.43. The predicted molar refractivity (Wildman–Crippen MR) is 74.0 cm³/mol. The first-order valence-electron chi connectivity index (χ1n) is 7.82. The van der Waals surface area contributed by atoms with Gasteiger partial charge in [-0.1, -0.05) is 13.8 Å². The lowest BCUT2D eigenvalue weighted by molar-refractivity contribution is 0.0280. The molecule has 3 aliphatic heterocycles.